The van der Waals surface area contributed by atoms with E-state index in [1.165, 1.54) is 0 Å². The second kappa shape index (κ2) is 3.28. The van der Waals surface area contributed by atoms with Gasteiger partial charge in [-0.2, -0.15) is 0 Å². The number of nitrogens with zero attached hydrogens (tertiary/aromatic N) is 2. The Morgan fingerprint density at radius 1 is 1.31 bits per heavy atom. The van der Waals surface area contributed by atoms with Crippen LogP contribution in [0.15, 0.2) is 24.5 Å². The number of anilines is 1. The standard InChI is InChI=1S/C9H10F2N2/c10-8-5-13(6-9(8)11)7-2-1-3-12-4-7/h1-4,8-9H,5-6H2/t8-,9+. The molecule has 2 heterocycles. The molecule has 2 nitrogen and oxygen atoms in total. The molecule has 0 aromatic carbocycles. The maximum atomic E-state index is 12.8. The van der Waals surface area contributed by atoms with Crippen molar-refractivity contribution >= 4 is 5.69 Å². The average molecular weight is 184 g/mol. The first kappa shape index (κ1) is 8.41. The average Bonchev–Trinajstić information content (AvgIpc) is 2.49. The molecule has 0 aliphatic carbocycles. The van der Waals surface area contributed by atoms with Gasteiger partial charge in [0.2, 0.25) is 0 Å². The molecule has 2 atom stereocenters. The Balaban J connectivity index is 2.12. The fourth-order valence-corrected chi connectivity index (χ4v) is 1.48. The van der Waals surface area contributed by atoms with Crippen LogP contribution in [0.3, 0.4) is 0 Å². The van der Waals surface area contributed by atoms with E-state index in [1.807, 2.05) is 0 Å². The zero-order valence-corrected chi connectivity index (χ0v) is 7.03. The summed E-state index contributed by atoms with van der Waals surface area (Å²) < 4.78 is 25.6. The highest BCUT2D eigenvalue weighted by molar-refractivity contribution is 5.45. The summed E-state index contributed by atoms with van der Waals surface area (Å²) in [7, 11) is 0. The predicted octanol–water partition coefficient (Wildman–Crippen LogP) is 1.58. The van der Waals surface area contributed by atoms with Crippen LogP contribution in [0.4, 0.5) is 14.5 Å². The van der Waals surface area contributed by atoms with Gasteiger partial charge in [-0.3, -0.25) is 4.98 Å². The second-order valence-electron chi connectivity index (χ2n) is 3.15. The molecule has 1 aromatic heterocycles. The first-order chi connectivity index (χ1) is 6.27. The number of hydrogen-bond donors (Lipinski definition) is 0. The minimum Gasteiger partial charge on any atom is -0.364 e. The number of hydrogen-bond acceptors (Lipinski definition) is 2. The smallest absolute Gasteiger partial charge is 0.150 e. The van der Waals surface area contributed by atoms with Crippen molar-refractivity contribution in [2.75, 3.05) is 18.0 Å². The molecule has 2 rings (SSSR count). The first-order valence-corrected chi connectivity index (χ1v) is 4.20. The molecule has 1 aliphatic rings. The Hall–Kier alpha value is -1.19. The third-order valence-corrected chi connectivity index (χ3v) is 2.19. The van der Waals surface area contributed by atoms with Crippen molar-refractivity contribution in [2.45, 2.75) is 12.3 Å². The van der Waals surface area contributed by atoms with E-state index in [9.17, 15) is 8.78 Å². The molecule has 0 unspecified atom stereocenters. The van der Waals surface area contributed by atoms with Gasteiger partial charge in [0.25, 0.3) is 0 Å². The fraction of sp³-hybridized carbons (Fsp3) is 0.444. The Labute approximate surface area is 75.2 Å². The van der Waals surface area contributed by atoms with Crippen LogP contribution in [0, 0.1) is 0 Å². The molecular weight excluding hydrogens is 174 g/mol. The van der Waals surface area contributed by atoms with E-state index >= 15 is 0 Å². The quantitative estimate of drug-likeness (QED) is 0.658. The molecule has 0 amide bonds. The number of alkyl halides is 2. The summed E-state index contributed by atoms with van der Waals surface area (Å²) in [6.07, 6.45) is 0.532. The normalized spacial score (nSPS) is 28.0. The molecule has 0 radical (unpaired) electrons. The maximum absolute atomic E-state index is 12.8. The molecule has 70 valence electrons. The van der Waals surface area contributed by atoms with Gasteiger partial charge >= 0.3 is 0 Å². The fourth-order valence-electron chi connectivity index (χ4n) is 1.48. The van der Waals surface area contributed by atoms with Crippen molar-refractivity contribution < 1.29 is 8.78 Å². The molecule has 0 spiro atoms. The van der Waals surface area contributed by atoms with Crippen molar-refractivity contribution in [3.05, 3.63) is 24.5 Å². The van der Waals surface area contributed by atoms with E-state index in [1.54, 1.807) is 29.4 Å². The molecule has 0 bridgehead atoms. The largest absolute Gasteiger partial charge is 0.364 e. The number of pyridine rings is 1. The third kappa shape index (κ3) is 1.61. The lowest BCUT2D eigenvalue weighted by Crippen LogP contribution is -2.20. The van der Waals surface area contributed by atoms with Gasteiger partial charge in [0, 0.05) is 6.20 Å². The van der Waals surface area contributed by atoms with Crippen LogP contribution in [-0.4, -0.2) is 30.4 Å². The van der Waals surface area contributed by atoms with Gasteiger partial charge in [-0.25, -0.2) is 8.78 Å². The van der Waals surface area contributed by atoms with Crippen molar-refractivity contribution in [1.82, 2.24) is 4.98 Å². The molecule has 1 aliphatic heterocycles. The van der Waals surface area contributed by atoms with Crippen molar-refractivity contribution in [3.8, 4) is 0 Å². The zero-order valence-electron chi connectivity index (χ0n) is 7.03. The lowest BCUT2D eigenvalue weighted by Gasteiger charge is -2.15. The minimum atomic E-state index is -1.36. The summed E-state index contributed by atoms with van der Waals surface area (Å²) in [6.45, 7) is 0.264. The zero-order chi connectivity index (χ0) is 9.26. The summed E-state index contributed by atoms with van der Waals surface area (Å²) >= 11 is 0. The molecule has 0 N–H and O–H groups in total. The SMILES string of the molecule is F[C@@H]1CN(c2cccnc2)C[C@@H]1F. The highest BCUT2D eigenvalue weighted by atomic mass is 19.2. The first-order valence-electron chi connectivity index (χ1n) is 4.20. The van der Waals surface area contributed by atoms with Crippen LogP contribution < -0.4 is 4.90 Å². The van der Waals surface area contributed by atoms with E-state index in [4.69, 9.17) is 0 Å². The number of halogens is 2. The second-order valence-corrected chi connectivity index (χ2v) is 3.15. The molecule has 4 heteroatoms. The maximum Gasteiger partial charge on any atom is 0.150 e. The van der Waals surface area contributed by atoms with Gasteiger partial charge in [-0.05, 0) is 12.1 Å². The Morgan fingerprint density at radius 3 is 2.54 bits per heavy atom. The van der Waals surface area contributed by atoms with Crippen molar-refractivity contribution in [2.24, 2.45) is 0 Å². The highest BCUT2D eigenvalue weighted by Crippen LogP contribution is 2.22. The third-order valence-electron chi connectivity index (χ3n) is 2.19. The van der Waals surface area contributed by atoms with Crippen LogP contribution in [0.2, 0.25) is 0 Å². The highest BCUT2D eigenvalue weighted by Gasteiger charge is 2.32. The summed E-state index contributed by atoms with van der Waals surface area (Å²) in [5, 5.41) is 0. The minimum absolute atomic E-state index is 0.132. The Kier molecular flexibility index (Phi) is 2.12. The van der Waals surface area contributed by atoms with E-state index in [-0.39, 0.29) is 13.1 Å². The molecular formula is C9H10F2N2. The summed E-state index contributed by atoms with van der Waals surface area (Å²) in [6, 6.07) is 3.56. The Bertz CT molecular complexity index is 268. The monoisotopic (exact) mass is 184 g/mol. The number of aromatic nitrogens is 1. The van der Waals surface area contributed by atoms with E-state index in [0.29, 0.717) is 0 Å². The van der Waals surface area contributed by atoms with Crippen LogP contribution in [0.1, 0.15) is 0 Å². The summed E-state index contributed by atoms with van der Waals surface area (Å²) in [5.74, 6) is 0. The van der Waals surface area contributed by atoms with Gasteiger partial charge in [0.05, 0.1) is 25.0 Å². The summed E-state index contributed by atoms with van der Waals surface area (Å²) in [5.41, 5.74) is 0.783. The van der Waals surface area contributed by atoms with Crippen molar-refractivity contribution in [3.63, 3.8) is 0 Å². The topological polar surface area (TPSA) is 16.1 Å². The van der Waals surface area contributed by atoms with Crippen LogP contribution in [0.5, 0.6) is 0 Å². The lowest BCUT2D eigenvalue weighted by atomic mass is 10.3. The van der Waals surface area contributed by atoms with Crippen LogP contribution in [0.25, 0.3) is 0 Å². The van der Waals surface area contributed by atoms with Crippen LogP contribution >= 0.6 is 0 Å². The Morgan fingerprint density at radius 2 is 2.00 bits per heavy atom. The molecule has 1 saturated heterocycles. The molecule has 1 fully saturated rings. The summed E-state index contributed by atoms with van der Waals surface area (Å²) in [4.78, 5) is 5.56. The molecule has 1 aromatic rings. The van der Waals surface area contributed by atoms with Gasteiger partial charge in [0.15, 0.2) is 12.3 Å². The van der Waals surface area contributed by atoms with Gasteiger partial charge < -0.3 is 4.90 Å². The van der Waals surface area contributed by atoms with E-state index in [2.05, 4.69) is 4.98 Å². The predicted molar refractivity (Wildman–Crippen MR) is 46.2 cm³/mol. The van der Waals surface area contributed by atoms with Crippen LogP contribution in [-0.2, 0) is 0 Å². The number of rotatable bonds is 1. The van der Waals surface area contributed by atoms with Gasteiger partial charge in [-0.1, -0.05) is 0 Å². The molecule has 0 saturated carbocycles. The van der Waals surface area contributed by atoms with Gasteiger partial charge in [-0.15, -0.1) is 0 Å². The van der Waals surface area contributed by atoms with Gasteiger partial charge in [0.1, 0.15) is 0 Å². The van der Waals surface area contributed by atoms with E-state index in [0.717, 1.165) is 5.69 Å². The molecule has 13 heavy (non-hydrogen) atoms. The lowest BCUT2D eigenvalue weighted by molar-refractivity contribution is 0.217. The van der Waals surface area contributed by atoms with Crippen molar-refractivity contribution in [1.29, 1.82) is 0 Å². The van der Waals surface area contributed by atoms with E-state index < -0.39 is 12.3 Å².